The molecule has 12 heteroatoms. The Morgan fingerprint density at radius 3 is 2.30 bits per heavy atom. The number of halogens is 3. The van der Waals surface area contributed by atoms with Crippen LogP contribution in [0.3, 0.4) is 0 Å². The Labute approximate surface area is 187 Å². The minimum absolute atomic E-state index is 0.0585. The molecule has 0 unspecified atom stereocenters. The van der Waals surface area contributed by atoms with Gasteiger partial charge >= 0.3 is 12.1 Å². The number of carbonyl (C=O) groups excluding carboxylic acids is 1. The Hall–Kier alpha value is -3.51. The number of carbonyl (C=O) groups is 1. The number of benzene rings is 2. The number of alkyl halides is 3. The number of sulfonamides is 1. The van der Waals surface area contributed by atoms with Crippen LogP contribution in [0.1, 0.15) is 12.5 Å². The van der Waals surface area contributed by atoms with Crippen molar-refractivity contribution in [1.29, 1.82) is 0 Å². The molecule has 0 saturated carbocycles. The summed E-state index contributed by atoms with van der Waals surface area (Å²) in [5.41, 5.74) is 0.598. The monoisotopic (exact) mass is 480 g/mol. The van der Waals surface area contributed by atoms with Gasteiger partial charge in [0.1, 0.15) is 6.54 Å². The largest absolute Gasteiger partial charge is 0.465 e. The first-order valence-electron chi connectivity index (χ1n) is 9.61. The van der Waals surface area contributed by atoms with Crippen LogP contribution in [-0.2, 0) is 25.7 Å². The standard InChI is InChI=1S/C21H19F3N4O4S/c1-2-32-19(29)13-26-33(30,31)17-9-7-16(8-10-17)27-20-25-12-11-18(28-20)14-3-5-15(6-4-14)21(22,23)24/h3-12,26H,2,13H2,1H3,(H,25,27,28). The van der Waals surface area contributed by atoms with E-state index in [-0.39, 0.29) is 17.5 Å². The number of ether oxygens (including phenoxy) is 1. The van der Waals surface area contributed by atoms with Crippen LogP contribution in [0.5, 0.6) is 0 Å². The quantitative estimate of drug-likeness (QED) is 0.473. The lowest BCUT2D eigenvalue weighted by Gasteiger charge is -2.10. The highest BCUT2D eigenvalue weighted by atomic mass is 32.2. The molecule has 1 aromatic heterocycles. The molecular weight excluding hydrogens is 461 g/mol. The Balaban J connectivity index is 1.70. The van der Waals surface area contributed by atoms with Gasteiger partial charge in [0.05, 0.1) is 22.8 Å². The molecule has 174 valence electrons. The van der Waals surface area contributed by atoms with Gasteiger partial charge in [-0.05, 0) is 49.4 Å². The van der Waals surface area contributed by atoms with Gasteiger partial charge in [0.2, 0.25) is 16.0 Å². The van der Waals surface area contributed by atoms with Crippen LogP contribution in [-0.4, -0.2) is 37.5 Å². The molecule has 1 heterocycles. The maximum absolute atomic E-state index is 12.7. The number of aromatic nitrogens is 2. The van der Waals surface area contributed by atoms with Crippen molar-refractivity contribution in [1.82, 2.24) is 14.7 Å². The lowest BCUT2D eigenvalue weighted by atomic mass is 10.1. The first-order valence-corrected chi connectivity index (χ1v) is 11.1. The zero-order valence-electron chi connectivity index (χ0n) is 17.3. The van der Waals surface area contributed by atoms with E-state index >= 15 is 0 Å². The minimum Gasteiger partial charge on any atom is -0.465 e. The van der Waals surface area contributed by atoms with Gasteiger partial charge in [0, 0.05) is 17.4 Å². The summed E-state index contributed by atoms with van der Waals surface area (Å²) < 4.78 is 69.6. The number of anilines is 2. The van der Waals surface area contributed by atoms with Gasteiger partial charge in [-0.2, -0.15) is 17.9 Å². The number of rotatable bonds is 8. The topological polar surface area (TPSA) is 110 Å². The molecule has 0 radical (unpaired) electrons. The van der Waals surface area contributed by atoms with Crippen molar-refractivity contribution in [2.24, 2.45) is 0 Å². The zero-order chi connectivity index (χ0) is 24.1. The van der Waals surface area contributed by atoms with Gasteiger partial charge in [0.25, 0.3) is 0 Å². The minimum atomic E-state index is -4.43. The van der Waals surface area contributed by atoms with Gasteiger partial charge in [0.15, 0.2) is 0 Å². The van der Waals surface area contributed by atoms with Crippen molar-refractivity contribution < 1.29 is 31.1 Å². The molecule has 0 aliphatic heterocycles. The van der Waals surface area contributed by atoms with Crippen LogP contribution in [0.15, 0.2) is 65.7 Å². The Bertz CT molecular complexity index is 1220. The normalized spacial score (nSPS) is 11.8. The average Bonchev–Trinajstić information content (AvgIpc) is 2.78. The van der Waals surface area contributed by atoms with Crippen LogP contribution in [0, 0.1) is 0 Å². The summed E-state index contributed by atoms with van der Waals surface area (Å²) in [5.74, 6) is -0.520. The molecule has 8 nitrogen and oxygen atoms in total. The molecule has 0 spiro atoms. The van der Waals surface area contributed by atoms with Gasteiger partial charge in [-0.25, -0.2) is 18.4 Å². The molecule has 0 atom stereocenters. The lowest BCUT2D eigenvalue weighted by molar-refractivity contribution is -0.141. The Morgan fingerprint density at radius 2 is 1.70 bits per heavy atom. The van der Waals surface area contributed by atoms with E-state index in [9.17, 15) is 26.4 Å². The smallest absolute Gasteiger partial charge is 0.416 e. The van der Waals surface area contributed by atoms with Crippen LogP contribution in [0.2, 0.25) is 0 Å². The third-order valence-corrected chi connectivity index (χ3v) is 5.71. The van der Waals surface area contributed by atoms with Crippen molar-refractivity contribution in [3.63, 3.8) is 0 Å². The molecule has 2 N–H and O–H groups in total. The van der Waals surface area contributed by atoms with E-state index in [0.29, 0.717) is 16.9 Å². The number of hydrogen-bond donors (Lipinski definition) is 2. The first-order chi connectivity index (χ1) is 15.6. The van der Waals surface area contributed by atoms with Crippen LogP contribution in [0.4, 0.5) is 24.8 Å². The van der Waals surface area contributed by atoms with E-state index in [1.165, 1.54) is 42.6 Å². The fourth-order valence-electron chi connectivity index (χ4n) is 2.71. The van der Waals surface area contributed by atoms with Crippen molar-refractivity contribution >= 4 is 27.6 Å². The predicted molar refractivity (Wildman–Crippen MR) is 114 cm³/mol. The molecule has 33 heavy (non-hydrogen) atoms. The van der Waals surface area contributed by atoms with E-state index < -0.39 is 34.3 Å². The van der Waals surface area contributed by atoms with E-state index in [1.54, 1.807) is 13.0 Å². The van der Waals surface area contributed by atoms with Gasteiger partial charge in [-0.15, -0.1) is 0 Å². The second kappa shape index (κ2) is 9.96. The van der Waals surface area contributed by atoms with Gasteiger partial charge < -0.3 is 10.1 Å². The third-order valence-electron chi connectivity index (χ3n) is 4.30. The summed E-state index contributed by atoms with van der Waals surface area (Å²) >= 11 is 0. The van der Waals surface area contributed by atoms with Crippen LogP contribution < -0.4 is 10.0 Å². The van der Waals surface area contributed by atoms with E-state index in [4.69, 9.17) is 0 Å². The third kappa shape index (κ3) is 6.49. The van der Waals surface area contributed by atoms with Crippen molar-refractivity contribution in [3.8, 4) is 11.3 Å². The summed E-state index contributed by atoms with van der Waals surface area (Å²) in [5, 5.41) is 2.90. The molecular formula is C21H19F3N4O4S. The van der Waals surface area contributed by atoms with E-state index in [1.807, 2.05) is 0 Å². The van der Waals surface area contributed by atoms with Crippen molar-refractivity contribution in [3.05, 3.63) is 66.4 Å². The highest BCUT2D eigenvalue weighted by molar-refractivity contribution is 7.89. The molecule has 0 amide bonds. The highest BCUT2D eigenvalue weighted by Gasteiger charge is 2.30. The van der Waals surface area contributed by atoms with E-state index in [2.05, 4.69) is 24.7 Å². The average molecular weight is 480 g/mol. The summed E-state index contributed by atoms with van der Waals surface area (Å²) in [6, 6.07) is 11.7. The van der Waals surface area contributed by atoms with Crippen molar-refractivity contribution in [2.45, 2.75) is 18.0 Å². The summed E-state index contributed by atoms with van der Waals surface area (Å²) in [6.07, 6.45) is -2.98. The van der Waals surface area contributed by atoms with Gasteiger partial charge in [-0.1, -0.05) is 12.1 Å². The van der Waals surface area contributed by atoms with Crippen LogP contribution in [0.25, 0.3) is 11.3 Å². The van der Waals surface area contributed by atoms with E-state index in [0.717, 1.165) is 12.1 Å². The summed E-state index contributed by atoms with van der Waals surface area (Å²) in [4.78, 5) is 19.6. The first kappa shape index (κ1) is 24.1. The summed E-state index contributed by atoms with van der Waals surface area (Å²) in [6.45, 7) is 1.27. The number of nitrogens with zero attached hydrogens (tertiary/aromatic N) is 2. The molecule has 0 fully saturated rings. The second-order valence-corrected chi connectivity index (χ2v) is 8.39. The van der Waals surface area contributed by atoms with Crippen molar-refractivity contribution in [2.75, 3.05) is 18.5 Å². The zero-order valence-corrected chi connectivity index (χ0v) is 18.1. The van der Waals surface area contributed by atoms with Crippen LogP contribution >= 0.6 is 0 Å². The second-order valence-electron chi connectivity index (χ2n) is 6.62. The molecule has 0 bridgehead atoms. The fraction of sp³-hybridized carbons (Fsp3) is 0.190. The predicted octanol–water partition coefficient (Wildman–Crippen LogP) is 3.75. The molecule has 0 aliphatic rings. The fourth-order valence-corrected chi connectivity index (χ4v) is 3.67. The summed E-state index contributed by atoms with van der Waals surface area (Å²) in [7, 11) is -3.91. The Kier molecular flexibility index (Phi) is 7.29. The Morgan fingerprint density at radius 1 is 1.03 bits per heavy atom. The maximum Gasteiger partial charge on any atom is 0.416 e. The molecule has 3 aromatic rings. The number of hydrogen-bond acceptors (Lipinski definition) is 7. The maximum atomic E-state index is 12.7. The number of esters is 1. The molecule has 3 rings (SSSR count). The highest BCUT2D eigenvalue weighted by Crippen LogP contribution is 2.30. The molecule has 2 aromatic carbocycles. The van der Waals surface area contributed by atoms with Gasteiger partial charge in [-0.3, -0.25) is 4.79 Å². The number of nitrogens with one attached hydrogen (secondary N) is 2. The lowest BCUT2D eigenvalue weighted by Crippen LogP contribution is -2.30. The SMILES string of the molecule is CCOC(=O)CNS(=O)(=O)c1ccc(Nc2nccc(-c3ccc(C(F)(F)F)cc3)n2)cc1. The molecule has 0 aliphatic carbocycles. The molecule has 0 saturated heterocycles.